The summed E-state index contributed by atoms with van der Waals surface area (Å²) in [5.74, 6) is 1.62. The first-order valence-corrected chi connectivity index (χ1v) is 13.3. The van der Waals surface area contributed by atoms with Crippen LogP contribution in [0.5, 0.6) is 11.5 Å². The van der Waals surface area contributed by atoms with Crippen LogP contribution in [-0.4, -0.2) is 75.2 Å². The summed E-state index contributed by atoms with van der Waals surface area (Å²) >= 11 is 0. The maximum absolute atomic E-state index is 13.1. The van der Waals surface area contributed by atoms with Crippen molar-refractivity contribution >= 4 is 11.6 Å². The fourth-order valence-corrected chi connectivity index (χ4v) is 5.09. The Bertz CT molecular complexity index is 931. The molecule has 35 heavy (non-hydrogen) atoms. The van der Waals surface area contributed by atoms with Gasteiger partial charge < -0.3 is 24.2 Å². The smallest absolute Gasteiger partial charge is 0.257 e. The third kappa shape index (κ3) is 7.14. The first-order chi connectivity index (χ1) is 17.1. The predicted molar refractivity (Wildman–Crippen MR) is 142 cm³/mol. The van der Waals surface area contributed by atoms with Gasteiger partial charge in [0.25, 0.3) is 5.91 Å². The lowest BCUT2D eigenvalue weighted by molar-refractivity contribution is 0.0743. The molecule has 4 rings (SSSR count). The standard InChI is InChI=1S/C29H41N3O3/c1-24-9-14-28(34-2)27(23-24)29(33)32-20-18-31(19-21-32)25-10-12-26(13-11-25)35-22-8-17-30-15-6-4-3-5-7-16-30/h9-14,23H,3-8,15-22H2,1-2H3. The molecule has 0 N–H and O–H groups in total. The Morgan fingerprint density at radius 1 is 0.857 bits per heavy atom. The predicted octanol–water partition coefficient (Wildman–Crippen LogP) is 5.00. The number of methoxy groups -OCH3 is 1. The molecule has 2 fully saturated rings. The lowest BCUT2D eigenvalue weighted by atomic mass is 10.1. The molecule has 6 nitrogen and oxygen atoms in total. The Morgan fingerprint density at radius 3 is 2.23 bits per heavy atom. The van der Waals surface area contributed by atoms with E-state index in [1.165, 1.54) is 50.9 Å². The lowest BCUT2D eigenvalue weighted by Crippen LogP contribution is -2.48. The van der Waals surface area contributed by atoms with Crippen LogP contribution in [0, 0.1) is 6.92 Å². The second kappa shape index (κ2) is 12.8. The van der Waals surface area contributed by atoms with Crippen molar-refractivity contribution in [3.63, 3.8) is 0 Å². The number of carbonyl (C=O) groups is 1. The normalized spacial score (nSPS) is 17.5. The molecular weight excluding hydrogens is 438 g/mol. The molecule has 6 heteroatoms. The fraction of sp³-hybridized carbons (Fsp3) is 0.552. The SMILES string of the molecule is COc1ccc(C)cc1C(=O)N1CCN(c2ccc(OCCCN3CCCCCCC3)cc2)CC1. The van der Waals surface area contributed by atoms with Crippen molar-refractivity contribution in [1.29, 1.82) is 0 Å². The molecule has 0 aromatic heterocycles. The van der Waals surface area contributed by atoms with Crippen LogP contribution in [0.2, 0.25) is 0 Å². The topological polar surface area (TPSA) is 45.3 Å². The molecule has 2 aliphatic heterocycles. The van der Waals surface area contributed by atoms with Crippen LogP contribution in [0.1, 0.15) is 54.4 Å². The number of hydrogen-bond donors (Lipinski definition) is 0. The van der Waals surface area contributed by atoms with E-state index in [0.717, 1.165) is 44.0 Å². The number of hydrogen-bond acceptors (Lipinski definition) is 5. The third-order valence-electron chi connectivity index (χ3n) is 7.19. The number of anilines is 1. The monoisotopic (exact) mass is 479 g/mol. The summed E-state index contributed by atoms with van der Waals surface area (Å²) in [6.07, 6.45) is 7.92. The molecule has 0 spiro atoms. The summed E-state index contributed by atoms with van der Waals surface area (Å²) < 4.78 is 11.4. The van der Waals surface area contributed by atoms with Crippen LogP contribution >= 0.6 is 0 Å². The van der Waals surface area contributed by atoms with Gasteiger partial charge in [-0.05, 0) is 75.7 Å². The minimum absolute atomic E-state index is 0.0460. The summed E-state index contributed by atoms with van der Waals surface area (Å²) in [4.78, 5) is 20.0. The zero-order chi connectivity index (χ0) is 24.5. The molecule has 2 aromatic carbocycles. The summed E-state index contributed by atoms with van der Waals surface area (Å²) in [5.41, 5.74) is 2.89. The van der Waals surface area contributed by atoms with Gasteiger partial charge in [-0.25, -0.2) is 0 Å². The Balaban J connectivity index is 1.21. The van der Waals surface area contributed by atoms with E-state index in [1.54, 1.807) is 7.11 Å². The van der Waals surface area contributed by atoms with E-state index >= 15 is 0 Å². The van der Waals surface area contributed by atoms with E-state index in [2.05, 4.69) is 34.1 Å². The second-order valence-corrected chi connectivity index (χ2v) is 9.79. The molecule has 0 atom stereocenters. The van der Waals surface area contributed by atoms with Gasteiger partial charge in [-0.1, -0.05) is 30.9 Å². The largest absolute Gasteiger partial charge is 0.496 e. The highest BCUT2D eigenvalue weighted by molar-refractivity contribution is 5.97. The highest BCUT2D eigenvalue weighted by Gasteiger charge is 2.24. The molecule has 0 bridgehead atoms. The molecule has 2 aliphatic rings. The van der Waals surface area contributed by atoms with Crippen LogP contribution in [-0.2, 0) is 0 Å². The average Bonchev–Trinajstić information content (AvgIpc) is 2.87. The average molecular weight is 480 g/mol. The first kappa shape index (κ1) is 25.4. The lowest BCUT2D eigenvalue weighted by Gasteiger charge is -2.36. The fourth-order valence-electron chi connectivity index (χ4n) is 5.09. The summed E-state index contributed by atoms with van der Waals surface area (Å²) in [7, 11) is 1.61. The van der Waals surface area contributed by atoms with Crippen LogP contribution in [0.25, 0.3) is 0 Å². The maximum Gasteiger partial charge on any atom is 0.257 e. The molecule has 0 radical (unpaired) electrons. The Morgan fingerprint density at radius 2 is 1.54 bits per heavy atom. The molecule has 190 valence electrons. The summed E-state index contributed by atoms with van der Waals surface area (Å²) in [5, 5.41) is 0. The van der Waals surface area contributed by atoms with Gasteiger partial charge in [-0.15, -0.1) is 0 Å². The van der Waals surface area contributed by atoms with Gasteiger partial charge >= 0.3 is 0 Å². The molecular formula is C29H41N3O3. The van der Waals surface area contributed by atoms with Crippen LogP contribution < -0.4 is 14.4 Å². The number of ether oxygens (including phenoxy) is 2. The van der Waals surface area contributed by atoms with Crippen molar-refractivity contribution in [2.24, 2.45) is 0 Å². The number of likely N-dealkylation sites (tertiary alicyclic amines) is 1. The summed E-state index contributed by atoms with van der Waals surface area (Å²) in [6.45, 7) is 9.41. The van der Waals surface area contributed by atoms with E-state index in [1.807, 2.05) is 30.0 Å². The third-order valence-corrected chi connectivity index (χ3v) is 7.19. The minimum atomic E-state index is 0.0460. The van der Waals surface area contributed by atoms with Gasteiger partial charge in [-0.3, -0.25) is 4.79 Å². The number of rotatable bonds is 8. The zero-order valence-electron chi connectivity index (χ0n) is 21.5. The van der Waals surface area contributed by atoms with E-state index in [0.29, 0.717) is 24.4 Å². The Labute approximate surface area is 210 Å². The summed E-state index contributed by atoms with van der Waals surface area (Å²) in [6, 6.07) is 14.2. The van der Waals surface area contributed by atoms with Gasteiger partial charge in [-0.2, -0.15) is 0 Å². The Hall–Kier alpha value is -2.73. The second-order valence-electron chi connectivity index (χ2n) is 9.79. The molecule has 2 aromatic rings. The number of amides is 1. The Kier molecular flexibility index (Phi) is 9.29. The quantitative estimate of drug-likeness (QED) is 0.499. The number of benzene rings is 2. The van der Waals surface area contributed by atoms with Crippen LogP contribution in [0.3, 0.4) is 0 Å². The van der Waals surface area contributed by atoms with E-state index in [4.69, 9.17) is 9.47 Å². The van der Waals surface area contributed by atoms with E-state index < -0.39 is 0 Å². The molecule has 1 amide bonds. The van der Waals surface area contributed by atoms with Gasteiger partial charge in [0.05, 0.1) is 19.3 Å². The van der Waals surface area contributed by atoms with E-state index in [-0.39, 0.29) is 5.91 Å². The molecule has 2 heterocycles. The van der Waals surface area contributed by atoms with Gasteiger partial charge in [0.1, 0.15) is 11.5 Å². The van der Waals surface area contributed by atoms with Crippen LogP contribution in [0.15, 0.2) is 42.5 Å². The van der Waals surface area contributed by atoms with Gasteiger partial charge in [0.15, 0.2) is 0 Å². The first-order valence-electron chi connectivity index (χ1n) is 13.3. The van der Waals surface area contributed by atoms with Crippen LogP contribution in [0.4, 0.5) is 5.69 Å². The minimum Gasteiger partial charge on any atom is -0.496 e. The number of nitrogens with zero attached hydrogens (tertiary/aromatic N) is 3. The number of piperazine rings is 1. The van der Waals surface area contributed by atoms with Crippen molar-refractivity contribution in [3.8, 4) is 11.5 Å². The van der Waals surface area contributed by atoms with Crippen molar-refractivity contribution < 1.29 is 14.3 Å². The molecule has 0 saturated carbocycles. The molecule has 0 unspecified atom stereocenters. The highest BCUT2D eigenvalue weighted by atomic mass is 16.5. The van der Waals surface area contributed by atoms with E-state index in [9.17, 15) is 4.79 Å². The van der Waals surface area contributed by atoms with Crippen molar-refractivity contribution in [2.75, 3.05) is 64.4 Å². The number of aryl methyl sites for hydroxylation is 1. The zero-order valence-corrected chi connectivity index (χ0v) is 21.5. The van der Waals surface area contributed by atoms with Crippen molar-refractivity contribution in [1.82, 2.24) is 9.80 Å². The van der Waals surface area contributed by atoms with Gasteiger partial charge in [0.2, 0.25) is 0 Å². The highest BCUT2D eigenvalue weighted by Crippen LogP contribution is 2.24. The van der Waals surface area contributed by atoms with Crippen molar-refractivity contribution in [2.45, 2.75) is 45.4 Å². The van der Waals surface area contributed by atoms with Crippen molar-refractivity contribution in [3.05, 3.63) is 53.6 Å². The molecule has 0 aliphatic carbocycles. The van der Waals surface area contributed by atoms with Gasteiger partial charge in [0, 0.05) is 38.4 Å². The number of carbonyl (C=O) groups excluding carboxylic acids is 1. The maximum atomic E-state index is 13.1. The molecule has 2 saturated heterocycles.